The smallest absolute Gasteiger partial charge is 0.224 e. The lowest BCUT2D eigenvalue weighted by atomic mass is 10.2. The summed E-state index contributed by atoms with van der Waals surface area (Å²) in [7, 11) is 0. The maximum absolute atomic E-state index is 13.1. The van der Waals surface area contributed by atoms with E-state index in [2.05, 4.69) is 10.6 Å². The van der Waals surface area contributed by atoms with E-state index in [4.69, 9.17) is 5.73 Å². The fourth-order valence-electron chi connectivity index (χ4n) is 1.42. The lowest BCUT2D eigenvalue weighted by Crippen LogP contribution is -2.16. The Bertz CT molecular complexity index is 492. The van der Waals surface area contributed by atoms with Crippen LogP contribution < -0.4 is 16.4 Å². The number of carbonyl (C=O) groups excluding carboxylic acids is 2. The third-order valence-electron chi connectivity index (χ3n) is 2.25. The van der Waals surface area contributed by atoms with Crippen molar-refractivity contribution < 1.29 is 18.4 Å². The van der Waals surface area contributed by atoms with Gasteiger partial charge in [0.2, 0.25) is 11.8 Å². The van der Waals surface area contributed by atoms with Gasteiger partial charge in [0.1, 0.15) is 0 Å². The SMILES string of the molecule is CC(=O)Nc1cc(F)c(F)cc1NC(=O)CCCN. The summed E-state index contributed by atoms with van der Waals surface area (Å²) in [6, 6.07) is 1.64. The van der Waals surface area contributed by atoms with Gasteiger partial charge in [-0.15, -0.1) is 0 Å². The predicted molar refractivity (Wildman–Crippen MR) is 67.6 cm³/mol. The van der Waals surface area contributed by atoms with E-state index < -0.39 is 17.5 Å². The van der Waals surface area contributed by atoms with Gasteiger partial charge in [0, 0.05) is 25.5 Å². The minimum absolute atomic E-state index is 0.00694. The van der Waals surface area contributed by atoms with Gasteiger partial charge in [0.05, 0.1) is 11.4 Å². The fraction of sp³-hybridized carbons (Fsp3) is 0.333. The molecule has 0 bridgehead atoms. The van der Waals surface area contributed by atoms with Gasteiger partial charge in [-0.25, -0.2) is 8.78 Å². The van der Waals surface area contributed by atoms with Crippen LogP contribution in [-0.4, -0.2) is 18.4 Å². The molecule has 1 aromatic rings. The molecule has 0 unspecified atom stereocenters. The molecule has 0 aliphatic heterocycles. The number of amides is 2. The number of anilines is 2. The first kappa shape index (κ1) is 15.0. The van der Waals surface area contributed by atoms with Crippen LogP contribution in [0.25, 0.3) is 0 Å². The van der Waals surface area contributed by atoms with Crippen LogP contribution in [0.5, 0.6) is 0 Å². The van der Waals surface area contributed by atoms with Crippen molar-refractivity contribution in [2.24, 2.45) is 5.73 Å². The summed E-state index contributed by atoms with van der Waals surface area (Å²) in [5, 5.41) is 4.72. The van der Waals surface area contributed by atoms with Crippen molar-refractivity contribution in [2.75, 3.05) is 17.2 Å². The van der Waals surface area contributed by atoms with Gasteiger partial charge in [-0.1, -0.05) is 0 Å². The molecule has 0 atom stereocenters. The summed E-state index contributed by atoms with van der Waals surface area (Å²) in [4.78, 5) is 22.5. The molecule has 0 saturated carbocycles. The van der Waals surface area contributed by atoms with Gasteiger partial charge in [0.15, 0.2) is 11.6 Å². The Hall–Kier alpha value is -2.02. The molecule has 1 rings (SSSR count). The Morgan fingerprint density at radius 2 is 1.68 bits per heavy atom. The molecule has 0 spiro atoms. The molecule has 2 amide bonds. The summed E-state index contributed by atoms with van der Waals surface area (Å²) >= 11 is 0. The predicted octanol–water partition coefficient (Wildman–Crippen LogP) is 1.60. The molecular weight excluding hydrogens is 256 g/mol. The summed E-state index contributed by atoms with van der Waals surface area (Å²) in [6.07, 6.45) is 0.639. The zero-order valence-corrected chi connectivity index (χ0v) is 10.4. The molecule has 0 fully saturated rings. The van der Waals surface area contributed by atoms with Crippen molar-refractivity contribution in [1.82, 2.24) is 0 Å². The Kier molecular flexibility index (Phi) is 5.37. The van der Waals surface area contributed by atoms with Crippen molar-refractivity contribution in [1.29, 1.82) is 0 Å². The minimum atomic E-state index is -1.11. The van der Waals surface area contributed by atoms with E-state index >= 15 is 0 Å². The van der Waals surface area contributed by atoms with Crippen molar-refractivity contribution >= 4 is 23.2 Å². The van der Waals surface area contributed by atoms with Gasteiger partial charge >= 0.3 is 0 Å². The Labute approximate surface area is 109 Å². The van der Waals surface area contributed by atoms with E-state index in [1.807, 2.05) is 0 Å². The van der Waals surface area contributed by atoms with Crippen LogP contribution in [0.3, 0.4) is 0 Å². The van der Waals surface area contributed by atoms with Crippen LogP contribution in [0.2, 0.25) is 0 Å². The first-order chi connectivity index (χ1) is 8.93. The normalized spacial score (nSPS) is 10.1. The van der Waals surface area contributed by atoms with E-state index in [0.717, 1.165) is 12.1 Å². The second-order valence-corrected chi connectivity index (χ2v) is 3.93. The second kappa shape index (κ2) is 6.79. The summed E-state index contributed by atoms with van der Waals surface area (Å²) in [6.45, 7) is 1.57. The Morgan fingerprint density at radius 3 is 2.16 bits per heavy atom. The molecule has 0 aromatic heterocycles. The van der Waals surface area contributed by atoms with Crippen LogP contribution in [0, 0.1) is 11.6 Å². The number of halogens is 2. The van der Waals surface area contributed by atoms with E-state index in [9.17, 15) is 18.4 Å². The van der Waals surface area contributed by atoms with Crippen LogP contribution >= 0.6 is 0 Å². The van der Waals surface area contributed by atoms with Gasteiger partial charge in [0.25, 0.3) is 0 Å². The molecule has 5 nitrogen and oxygen atoms in total. The number of carbonyl (C=O) groups is 2. The van der Waals surface area contributed by atoms with E-state index in [-0.39, 0.29) is 23.7 Å². The zero-order valence-electron chi connectivity index (χ0n) is 10.4. The third-order valence-corrected chi connectivity index (χ3v) is 2.25. The largest absolute Gasteiger partial charge is 0.330 e. The highest BCUT2D eigenvalue weighted by molar-refractivity contribution is 5.98. The molecule has 0 saturated heterocycles. The molecule has 1 aromatic carbocycles. The van der Waals surface area contributed by atoms with Gasteiger partial charge in [-0.05, 0) is 13.0 Å². The zero-order chi connectivity index (χ0) is 14.4. The number of nitrogens with two attached hydrogens (primary N) is 1. The molecule has 0 heterocycles. The maximum Gasteiger partial charge on any atom is 0.224 e. The quantitative estimate of drug-likeness (QED) is 0.760. The standard InChI is InChI=1S/C12H15F2N3O2/c1-7(18)16-10-5-8(13)9(14)6-11(10)17-12(19)3-2-4-15/h5-6H,2-4,15H2,1H3,(H,16,18)(H,17,19). The molecular formula is C12H15F2N3O2. The lowest BCUT2D eigenvalue weighted by Gasteiger charge is -2.12. The summed E-state index contributed by atoms with van der Waals surface area (Å²) < 4.78 is 26.2. The fourth-order valence-corrected chi connectivity index (χ4v) is 1.42. The van der Waals surface area contributed by atoms with Gasteiger partial charge < -0.3 is 16.4 Å². The van der Waals surface area contributed by atoms with E-state index in [0.29, 0.717) is 13.0 Å². The average Bonchev–Trinajstić information content (AvgIpc) is 2.32. The van der Waals surface area contributed by atoms with Crippen LogP contribution in [-0.2, 0) is 9.59 Å². The summed E-state index contributed by atoms with van der Waals surface area (Å²) in [5.41, 5.74) is 5.28. The molecule has 4 N–H and O–H groups in total. The van der Waals surface area contributed by atoms with Crippen LogP contribution in [0.4, 0.5) is 20.2 Å². The topological polar surface area (TPSA) is 84.2 Å². The van der Waals surface area contributed by atoms with Gasteiger partial charge in [-0.2, -0.15) is 0 Å². The van der Waals surface area contributed by atoms with E-state index in [1.54, 1.807) is 0 Å². The van der Waals surface area contributed by atoms with Crippen molar-refractivity contribution in [3.05, 3.63) is 23.8 Å². The minimum Gasteiger partial charge on any atom is -0.330 e. The molecule has 0 aliphatic carbocycles. The number of nitrogens with one attached hydrogen (secondary N) is 2. The van der Waals surface area contributed by atoms with E-state index in [1.165, 1.54) is 6.92 Å². The number of hydrogen-bond acceptors (Lipinski definition) is 3. The molecule has 19 heavy (non-hydrogen) atoms. The van der Waals surface area contributed by atoms with Crippen LogP contribution in [0.15, 0.2) is 12.1 Å². The highest BCUT2D eigenvalue weighted by Gasteiger charge is 2.13. The van der Waals surface area contributed by atoms with Crippen molar-refractivity contribution in [2.45, 2.75) is 19.8 Å². The van der Waals surface area contributed by atoms with Crippen molar-refractivity contribution in [3.8, 4) is 0 Å². The average molecular weight is 271 g/mol. The first-order valence-corrected chi connectivity index (χ1v) is 5.70. The number of hydrogen-bond donors (Lipinski definition) is 3. The first-order valence-electron chi connectivity index (χ1n) is 5.70. The molecule has 7 heteroatoms. The van der Waals surface area contributed by atoms with Crippen LogP contribution in [0.1, 0.15) is 19.8 Å². The molecule has 104 valence electrons. The molecule has 0 radical (unpaired) electrons. The highest BCUT2D eigenvalue weighted by atomic mass is 19.2. The highest BCUT2D eigenvalue weighted by Crippen LogP contribution is 2.25. The maximum atomic E-state index is 13.1. The van der Waals surface area contributed by atoms with Gasteiger partial charge in [-0.3, -0.25) is 9.59 Å². The lowest BCUT2D eigenvalue weighted by molar-refractivity contribution is -0.116. The molecule has 0 aliphatic rings. The number of benzene rings is 1. The van der Waals surface area contributed by atoms with Crippen molar-refractivity contribution in [3.63, 3.8) is 0 Å². The summed E-state index contributed by atoms with van der Waals surface area (Å²) in [5.74, 6) is -3.06. The Balaban J connectivity index is 2.93. The Morgan fingerprint density at radius 1 is 1.16 bits per heavy atom. The monoisotopic (exact) mass is 271 g/mol. The number of rotatable bonds is 5. The second-order valence-electron chi connectivity index (χ2n) is 3.93. The third kappa shape index (κ3) is 4.63.